The molecule has 0 spiro atoms. The van der Waals surface area contributed by atoms with E-state index in [0.29, 0.717) is 13.3 Å². The maximum Gasteiger partial charge on any atom is 0.168 e. The normalized spacial score (nSPS) is 12.7. The Hall–Kier alpha value is -3.30. The highest BCUT2D eigenvalue weighted by Gasteiger charge is 2.26. The van der Waals surface area contributed by atoms with Gasteiger partial charge in [0.1, 0.15) is 23.6 Å². The molecule has 0 atom stereocenters. The van der Waals surface area contributed by atoms with Crippen molar-refractivity contribution in [1.82, 2.24) is 29.5 Å². The Balaban J connectivity index is 1.53. The van der Waals surface area contributed by atoms with Crippen LogP contribution in [0.3, 0.4) is 0 Å². The molecule has 1 aromatic carbocycles. The second kappa shape index (κ2) is 7.51. The minimum absolute atomic E-state index is 0.395. The van der Waals surface area contributed by atoms with Crippen molar-refractivity contribution in [2.75, 3.05) is 18.7 Å². The predicted molar refractivity (Wildman–Crippen MR) is 116 cm³/mol. The Morgan fingerprint density at radius 3 is 2.83 bits per heavy atom. The highest BCUT2D eigenvalue weighted by molar-refractivity contribution is 7.99. The lowest BCUT2D eigenvalue weighted by molar-refractivity contribution is 0.204. The topological polar surface area (TPSA) is 81.9 Å². The summed E-state index contributed by atoms with van der Waals surface area (Å²) in [6.45, 7) is 6.94. The summed E-state index contributed by atoms with van der Waals surface area (Å²) in [6.07, 6.45) is 6.77. The number of methoxy groups -OCH3 is 1. The lowest BCUT2D eigenvalue weighted by Crippen LogP contribution is -2.24. The van der Waals surface area contributed by atoms with Crippen molar-refractivity contribution >= 4 is 40.0 Å². The van der Waals surface area contributed by atoms with Crippen molar-refractivity contribution in [2.24, 2.45) is 0 Å². The van der Waals surface area contributed by atoms with Crippen LogP contribution in [0.2, 0.25) is 0 Å². The molecule has 0 saturated carbocycles. The molecular weight excluding hydrogens is 398 g/mol. The quantitative estimate of drug-likeness (QED) is 0.483. The van der Waals surface area contributed by atoms with Gasteiger partial charge < -0.3 is 9.30 Å². The van der Waals surface area contributed by atoms with Gasteiger partial charge in [0.15, 0.2) is 11.5 Å². The highest BCUT2D eigenvalue weighted by Crippen LogP contribution is 2.46. The van der Waals surface area contributed by atoms with Gasteiger partial charge in [0.25, 0.3) is 0 Å². The molecule has 0 bridgehead atoms. The molecular formula is C21H19N7OS. The Morgan fingerprint density at radius 1 is 1.13 bits per heavy atom. The summed E-state index contributed by atoms with van der Waals surface area (Å²) in [5.41, 5.74) is 5.38. The number of benzene rings is 1. The molecule has 3 aromatic heterocycles. The van der Waals surface area contributed by atoms with E-state index >= 15 is 0 Å². The Kier molecular flexibility index (Phi) is 4.68. The molecule has 9 heteroatoms. The molecule has 5 rings (SSSR count). The molecule has 0 saturated heterocycles. The lowest BCUT2D eigenvalue weighted by atomic mass is 10.1. The molecule has 1 aliphatic heterocycles. The van der Waals surface area contributed by atoms with Crippen LogP contribution in [-0.2, 0) is 11.3 Å². The maximum absolute atomic E-state index is 5.44. The number of anilines is 2. The average molecular weight is 417 g/mol. The highest BCUT2D eigenvalue weighted by atomic mass is 32.2. The second-order valence-corrected chi connectivity index (χ2v) is 8.01. The van der Waals surface area contributed by atoms with Gasteiger partial charge in [-0.05, 0) is 30.2 Å². The van der Waals surface area contributed by atoms with E-state index in [1.54, 1.807) is 43.9 Å². The first-order chi connectivity index (χ1) is 14.7. The van der Waals surface area contributed by atoms with E-state index in [2.05, 4.69) is 49.7 Å². The standard InChI is InChI=1S/C21H19N7OS/c1-13(2)17-18-19(25-10-24-17)27(11-26-18)9-14-4-5-16-15(8-14)28(12-29-3)20-21(30-16)23-7-6-22-20/h4-8,10-11H,1,9,12H2,2-3H3. The summed E-state index contributed by atoms with van der Waals surface area (Å²) in [5.74, 6) is 0.806. The van der Waals surface area contributed by atoms with Gasteiger partial charge in [0.05, 0.1) is 24.3 Å². The molecule has 4 aromatic rings. The predicted octanol–water partition coefficient (Wildman–Crippen LogP) is 3.90. The fourth-order valence-corrected chi connectivity index (χ4v) is 4.50. The van der Waals surface area contributed by atoms with Crippen LogP contribution in [0.15, 0.2) is 59.7 Å². The third-order valence-corrected chi connectivity index (χ3v) is 5.89. The average Bonchev–Trinajstić information content (AvgIpc) is 3.16. The number of imidazole rings is 1. The molecule has 150 valence electrons. The summed E-state index contributed by atoms with van der Waals surface area (Å²) >= 11 is 1.62. The van der Waals surface area contributed by atoms with Crippen molar-refractivity contribution in [3.05, 3.63) is 61.1 Å². The zero-order valence-corrected chi connectivity index (χ0v) is 17.4. The lowest BCUT2D eigenvalue weighted by Gasteiger charge is -2.30. The maximum atomic E-state index is 5.44. The Morgan fingerprint density at radius 2 is 2.00 bits per heavy atom. The largest absolute Gasteiger partial charge is 0.364 e. The minimum atomic E-state index is 0.395. The molecule has 4 heterocycles. The zero-order valence-electron chi connectivity index (χ0n) is 16.6. The van der Waals surface area contributed by atoms with Crippen LogP contribution in [-0.4, -0.2) is 43.3 Å². The molecule has 0 amide bonds. The van der Waals surface area contributed by atoms with Gasteiger partial charge in [0.2, 0.25) is 0 Å². The number of ether oxygens (including phenoxy) is 1. The van der Waals surface area contributed by atoms with E-state index in [-0.39, 0.29) is 0 Å². The number of rotatable bonds is 5. The summed E-state index contributed by atoms with van der Waals surface area (Å²) in [4.78, 5) is 25.4. The SMILES string of the molecule is C=C(C)c1ncnc2c1ncn2Cc1ccc2c(c1)N(COC)c1nccnc1S2. The summed E-state index contributed by atoms with van der Waals surface area (Å²) in [7, 11) is 1.68. The van der Waals surface area contributed by atoms with Gasteiger partial charge in [-0.3, -0.25) is 4.90 Å². The van der Waals surface area contributed by atoms with E-state index < -0.39 is 0 Å². The fraction of sp³-hybridized carbons (Fsp3) is 0.190. The molecule has 0 aliphatic carbocycles. The molecule has 0 unspecified atom stereocenters. The second-order valence-electron chi connectivity index (χ2n) is 6.98. The summed E-state index contributed by atoms with van der Waals surface area (Å²) in [6, 6.07) is 6.39. The molecule has 8 nitrogen and oxygen atoms in total. The number of hydrogen-bond acceptors (Lipinski definition) is 8. The number of aromatic nitrogens is 6. The van der Waals surface area contributed by atoms with Crippen molar-refractivity contribution in [3.8, 4) is 0 Å². The molecule has 1 aliphatic rings. The smallest absolute Gasteiger partial charge is 0.168 e. The van der Waals surface area contributed by atoms with Crippen LogP contribution in [0.1, 0.15) is 18.2 Å². The van der Waals surface area contributed by atoms with E-state index in [1.165, 1.54) is 0 Å². The van der Waals surface area contributed by atoms with Crippen molar-refractivity contribution in [1.29, 1.82) is 0 Å². The molecule has 0 radical (unpaired) electrons. The van der Waals surface area contributed by atoms with Crippen LogP contribution < -0.4 is 4.90 Å². The van der Waals surface area contributed by atoms with Gasteiger partial charge in [-0.2, -0.15) is 0 Å². The van der Waals surface area contributed by atoms with Crippen molar-refractivity contribution in [3.63, 3.8) is 0 Å². The Labute approximate surface area is 177 Å². The first-order valence-corrected chi connectivity index (χ1v) is 10.2. The van der Waals surface area contributed by atoms with Gasteiger partial charge >= 0.3 is 0 Å². The van der Waals surface area contributed by atoms with E-state index in [1.807, 2.05) is 16.4 Å². The number of nitrogens with zero attached hydrogens (tertiary/aromatic N) is 7. The van der Waals surface area contributed by atoms with Crippen LogP contribution in [0, 0.1) is 0 Å². The van der Waals surface area contributed by atoms with E-state index in [4.69, 9.17) is 4.74 Å². The first kappa shape index (κ1) is 18.7. The monoisotopic (exact) mass is 417 g/mol. The van der Waals surface area contributed by atoms with Crippen molar-refractivity contribution in [2.45, 2.75) is 23.4 Å². The van der Waals surface area contributed by atoms with Gasteiger partial charge in [-0.1, -0.05) is 24.4 Å². The van der Waals surface area contributed by atoms with Gasteiger partial charge in [0, 0.05) is 24.4 Å². The first-order valence-electron chi connectivity index (χ1n) is 9.35. The number of fused-ring (bicyclic) bond motifs is 3. The number of hydrogen-bond donors (Lipinski definition) is 0. The van der Waals surface area contributed by atoms with Crippen LogP contribution >= 0.6 is 11.8 Å². The summed E-state index contributed by atoms with van der Waals surface area (Å²) < 4.78 is 7.47. The van der Waals surface area contributed by atoms with Crippen LogP contribution in [0.4, 0.5) is 11.5 Å². The van der Waals surface area contributed by atoms with Crippen molar-refractivity contribution < 1.29 is 4.74 Å². The zero-order chi connectivity index (χ0) is 20.7. The molecule has 30 heavy (non-hydrogen) atoms. The van der Waals surface area contributed by atoms with E-state index in [0.717, 1.165) is 49.4 Å². The Bertz CT molecular complexity index is 1270. The minimum Gasteiger partial charge on any atom is -0.364 e. The third-order valence-electron chi connectivity index (χ3n) is 4.84. The van der Waals surface area contributed by atoms with Gasteiger partial charge in [-0.25, -0.2) is 24.9 Å². The summed E-state index contributed by atoms with van der Waals surface area (Å²) in [5, 5.41) is 0.874. The third kappa shape index (κ3) is 3.12. The van der Waals surface area contributed by atoms with E-state index in [9.17, 15) is 0 Å². The number of allylic oxidation sites excluding steroid dienone is 1. The fourth-order valence-electron chi connectivity index (χ4n) is 3.52. The van der Waals surface area contributed by atoms with Crippen LogP contribution in [0.5, 0.6) is 0 Å². The van der Waals surface area contributed by atoms with Gasteiger partial charge in [-0.15, -0.1) is 0 Å². The van der Waals surface area contributed by atoms with Crippen LogP contribution in [0.25, 0.3) is 16.7 Å². The molecule has 0 fully saturated rings. The molecule has 0 N–H and O–H groups in total.